The van der Waals surface area contributed by atoms with Gasteiger partial charge in [-0.25, -0.2) is 0 Å². The number of imide groups is 1. The molecule has 1 aliphatic heterocycles. The van der Waals surface area contributed by atoms with Crippen LogP contribution in [0, 0.1) is 11.8 Å². The smallest absolute Gasteiger partial charge is 0.237 e. The van der Waals surface area contributed by atoms with E-state index in [-0.39, 0.29) is 23.7 Å². The first-order valence-electron chi connectivity index (χ1n) is 8.76. The lowest BCUT2D eigenvalue weighted by atomic mass is 9.73. The SMILES string of the molecule is COc1ccc(N2C(=O)[C@H]3C[C@H](c4ccccc4)CC[C@H]3C2=O)cc1. The summed E-state index contributed by atoms with van der Waals surface area (Å²) in [6.07, 6.45) is 2.49. The lowest BCUT2D eigenvalue weighted by Crippen LogP contribution is -2.30. The Bertz CT molecular complexity index is 785. The highest BCUT2D eigenvalue weighted by atomic mass is 16.5. The van der Waals surface area contributed by atoms with E-state index in [1.165, 1.54) is 10.5 Å². The van der Waals surface area contributed by atoms with Crippen molar-refractivity contribution in [3.05, 3.63) is 60.2 Å². The summed E-state index contributed by atoms with van der Waals surface area (Å²) in [5.41, 5.74) is 1.91. The molecule has 2 aliphatic rings. The van der Waals surface area contributed by atoms with E-state index in [0.717, 1.165) is 19.3 Å². The summed E-state index contributed by atoms with van der Waals surface area (Å²) < 4.78 is 5.15. The number of hydrogen-bond donors (Lipinski definition) is 0. The summed E-state index contributed by atoms with van der Waals surface area (Å²) in [6.45, 7) is 0. The van der Waals surface area contributed by atoms with Crippen molar-refractivity contribution in [2.45, 2.75) is 25.2 Å². The quantitative estimate of drug-likeness (QED) is 0.802. The van der Waals surface area contributed by atoms with Gasteiger partial charge in [0, 0.05) is 0 Å². The molecular formula is C21H21NO3. The fourth-order valence-corrected chi connectivity index (χ4v) is 4.19. The van der Waals surface area contributed by atoms with Gasteiger partial charge in [-0.3, -0.25) is 14.5 Å². The van der Waals surface area contributed by atoms with Crippen LogP contribution >= 0.6 is 0 Å². The highest BCUT2D eigenvalue weighted by Gasteiger charge is 2.50. The number of carbonyl (C=O) groups is 2. The van der Waals surface area contributed by atoms with E-state index in [1.807, 2.05) is 18.2 Å². The van der Waals surface area contributed by atoms with Crippen LogP contribution in [-0.2, 0) is 9.59 Å². The number of hydrogen-bond acceptors (Lipinski definition) is 3. The molecule has 128 valence electrons. The number of amides is 2. The molecule has 0 unspecified atom stereocenters. The predicted molar refractivity (Wildman–Crippen MR) is 95.5 cm³/mol. The fraction of sp³-hybridized carbons (Fsp3) is 0.333. The number of ether oxygens (including phenoxy) is 1. The molecule has 2 amide bonds. The lowest BCUT2D eigenvalue weighted by molar-refractivity contribution is -0.122. The van der Waals surface area contributed by atoms with Gasteiger partial charge in [0.05, 0.1) is 24.6 Å². The van der Waals surface area contributed by atoms with Crippen molar-refractivity contribution in [2.24, 2.45) is 11.8 Å². The van der Waals surface area contributed by atoms with E-state index in [9.17, 15) is 9.59 Å². The van der Waals surface area contributed by atoms with Crippen molar-refractivity contribution >= 4 is 17.5 Å². The van der Waals surface area contributed by atoms with Crippen molar-refractivity contribution in [2.75, 3.05) is 12.0 Å². The maximum atomic E-state index is 13.0. The van der Waals surface area contributed by atoms with Gasteiger partial charge < -0.3 is 4.74 Å². The molecule has 25 heavy (non-hydrogen) atoms. The number of benzene rings is 2. The van der Waals surface area contributed by atoms with E-state index in [0.29, 0.717) is 17.4 Å². The summed E-state index contributed by atoms with van der Waals surface area (Å²) in [4.78, 5) is 27.2. The molecule has 0 N–H and O–H groups in total. The Labute approximate surface area is 147 Å². The van der Waals surface area contributed by atoms with Crippen LogP contribution in [0.25, 0.3) is 0 Å². The monoisotopic (exact) mass is 335 g/mol. The number of fused-ring (bicyclic) bond motifs is 1. The molecule has 1 saturated carbocycles. The normalized spacial score (nSPS) is 25.8. The molecule has 1 saturated heterocycles. The molecule has 3 atom stereocenters. The number of anilines is 1. The van der Waals surface area contributed by atoms with Gasteiger partial charge in [-0.05, 0) is 55.0 Å². The van der Waals surface area contributed by atoms with E-state index < -0.39 is 0 Å². The van der Waals surface area contributed by atoms with Gasteiger partial charge in [-0.1, -0.05) is 30.3 Å². The minimum absolute atomic E-state index is 0.0494. The lowest BCUT2D eigenvalue weighted by Gasteiger charge is -2.28. The molecule has 2 fully saturated rings. The van der Waals surface area contributed by atoms with E-state index in [1.54, 1.807) is 31.4 Å². The van der Waals surface area contributed by atoms with Crippen LogP contribution in [0.5, 0.6) is 5.75 Å². The summed E-state index contributed by atoms with van der Waals surface area (Å²) in [6, 6.07) is 17.4. The third kappa shape index (κ3) is 2.72. The first-order valence-corrected chi connectivity index (χ1v) is 8.76. The predicted octanol–water partition coefficient (Wildman–Crippen LogP) is 3.77. The van der Waals surface area contributed by atoms with Gasteiger partial charge in [0.15, 0.2) is 0 Å². The van der Waals surface area contributed by atoms with Gasteiger partial charge in [-0.15, -0.1) is 0 Å². The second kappa shape index (κ2) is 6.36. The highest BCUT2D eigenvalue weighted by Crippen LogP contribution is 2.45. The third-order valence-corrected chi connectivity index (χ3v) is 5.53. The summed E-state index contributed by atoms with van der Waals surface area (Å²) in [7, 11) is 1.60. The first-order chi connectivity index (χ1) is 12.2. The van der Waals surface area contributed by atoms with Crippen molar-refractivity contribution in [3.63, 3.8) is 0 Å². The minimum Gasteiger partial charge on any atom is -0.497 e. The molecule has 2 aromatic rings. The Morgan fingerprint density at radius 2 is 1.56 bits per heavy atom. The number of carbonyl (C=O) groups excluding carboxylic acids is 2. The fourth-order valence-electron chi connectivity index (χ4n) is 4.19. The average molecular weight is 335 g/mol. The Morgan fingerprint density at radius 3 is 2.24 bits per heavy atom. The van der Waals surface area contributed by atoms with Crippen LogP contribution in [0.1, 0.15) is 30.7 Å². The van der Waals surface area contributed by atoms with Crippen LogP contribution in [0.2, 0.25) is 0 Å². The van der Waals surface area contributed by atoms with Crippen LogP contribution < -0.4 is 9.64 Å². The Kier molecular flexibility index (Phi) is 4.04. The van der Waals surface area contributed by atoms with Gasteiger partial charge >= 0.3 is 0 Å². The van der Waals surface area contributed by atoms with E-state index >= 15 is 0 Å². The summed E-state index contributed by atoms with van der Waals surface area (Å²) in [5.74, 6) is 0.593. The first kappa shape index (κ1) is 15.9. The van der Waals surface area contributed by atoms with Gasteiger partial charge in [0.25, 0.3) is 0 Å². The van der Waals surface area contributed by atoms with Crippen molar-refractivity contribution in [1.29, 1.82) is 0 Å². The molecule has 2 aromatic carbocycles. The standard InChI is InChI=1S/C21H21NO3/c1-25-17-10-8-16(9-11-17)22-20(23)18-12-7-15(13-19(18)21(22)24)14-5-3-2-4-6-14/h2-6,8-11,15,18-19H,7,12-13H2,1H3/t15-,18-,19+/m1/s1. The molecule has 1 aliphatic carbocycles. The topological polar surface area (TPSA) is 46.6 Å². The van der Waals surface area contributed by atoms with Gasteiger partial charge in [0.1, 0.15) is 5.75 Å². The molecule has 0 spiro atoms. The van der Waals surface area contributed by atoms with Crippen LogP contribution in [0.4, 0.5) is 5.69 Å². The highest BCUT2D eigenvalue weighted by molar-refractivity contribution is 6.22. The molecule has 4 rings (SSSR count). The summed E-state index contributed by atoms with van der Waals surface area (Å²) >= 11 is 0. The molecule has 0 bridgehead atoms. The van der Waals surface area contributed by atoms with Crippen molar-refractivity contribution in [1.82, 2.24) is 0 Å². The van der Waals surface area contributed by atoms with Gasteiger partial charge in [-0.2, -0.15) is 0 Å². The summed E-state index contributed by atoms with van der Waals surface area (Å²) in [5, 5.41) is 0. The number of nitrogens with zero attached hydrogens (tertiary/aromatic N) is 1. The zero-order chi connectivity index (χ0) is 17.4. The molecule has 4 nitrogen and oxygen atoms in total. The second-order valence-corrected chi connectivity index (χ2v) is 6.84. The maximum Gasteiger partial charge on any atom is 0.237 e. The molecule has 4 heteroatoms. The number of rotatable bonds is 3. The third-order valence-electron chi connectivity index (χ3n) is 5.53. The Balaban J connectivity index is 1.58. The zero-order valence-corrected chi connectivity index (χ0v) is 14.2. The van der Waals surface area contributed by atoms with E-state index in [4.69, 9.17) is 4.74 Å². The largest absolute Gasteiger partial charge is 0.497 e. The second-order valence-electron chi connectivity index (χ2n) is 6.84. The molecule has 0 radical (unpaired) electrons. The minimum atomic E-state index is -0.200. The molecular weight excluding hydrogens is 314 g/mol. The zero-order valence-electron chi connectivity index (χ0n) is 14.2. The Morgan fingerprint density at radius 1 is 0.880 bits per heavy atom. The molecule has 1 heterocycles. The molecule has 0 aromatic heterocycles. The van der Waals surface area contributed by atoms with Crippen molar-refractivity contribution < 1.29 is 14.3 Å². The van der Waals surface area contributed by atoms with Crippen molar-refractivity contribution in [3.8, 4) is 5.75 Å². The maximum absolute atomic E-state index is 13.0. The van der Waals surface area contributed by atoms with Crippen LogP contribution in [-0.4, -0.2) is 18.9 Å². The number of methoxy groups -OCH3 is 1. The Hall–Kier alpha value is -2.62. The van der Waals surface area contributed by atoms with E-state index in [2.05, 4.69) is 12.1 Å². The average Bonchev–Trinajstić information content (AvgIpc) is 2.93. The van der Waals surface area contributed by atoms with Gasteiger partial charge in [0.2, 0.25) is 11.8 Å². The van der Waals surface area contributed by atoms with Crippen LogP contribution in [0.15, 0.2) is 54.6 Å². The van der Waals surface area contributed by atoms with Crippen LogP contribution in [0.3, 0.4) is 0 Å².